The van der Waals surface area contributed by atoms with Crippen molar-refractivity contribution in [3.05, 3.63) is 29.8 Å². The highest BCUT2D eigenvalue weighted by molar-refractivity contribution is 7.99. The molecule has 1 aromatic rings. The predicted octanol–water partition coefficient (Wildman–Crippen LogP) is 2.79. The van der Waals surface area contributed by atoms with Gasteiger partial charge in [0, 0.05) is 11.3 Å². The third kappa shape index (κ3) is 5.24. The number of aliphatic hydroxyl groups is 1. The molecule has 94 valence electrons. The van der Waals surface area contributed by atoms with Gasteiger partial charge in [-0.2, -0.15) is 0 Å². The lowest BCUT2D eigenvalue weighted by Crippen LogP contribution is -1.99. The van der Waals surface area contributed by atoms with E-state index in [0.29, 0.717) is 6.42 Å². The van der Waals surface area contributed by atoms with E-state index in [1.807, 2.05) is 24.3 Å². The summed E-state index contributed by atoms with van der Waals surface area (Å²) in [6.07, 6.45) is 0.860. The lowest BCUT2D eigenvalue weighted by atomic mass is 10.1. The Labute approximate surface area is 106 Å². The molecule has 0 bridgehead atoms. The predicted molar refractivity (Wildman–Crippen MR) is 69.0 cm³/mol. The van der Waals surface area contributed by atoms with E-state index in [2.05, 4.69) is 4.74 Å². The van der Waals surface area contributed by atoms with E-state index in [1.54, 1.807) is 18.7 Å². The van der Waals surface area contributed by atoms with E-state index in [9.17, 15) is 9.90 Å². The second-order valence-corrected chi connectivity index (χ2v) is 4.94. The van der Waals surface area contributed by atoms with Crippen LogP contribution in [-0.2, 0) is 9.53 Å². The molecule has 3 nitrogen and oxygen atoms in total. The topological polar surface area (TPSA) is 46.5 Å². The summed E-state index contributed by atoms with van der Waals surface area (Å²) in [6, 6.07) is 7.83. The van der Waals surface area contributed by atoms with E-state index >= 15 is 0 Å². The van der Waals surface area contributed by atoms with E-state index in [1.165, 1.54) is 7.11 Å². The molecule has 4 heteroatoms. The van der Waals surface area contributed by atoms with Crippen molar-refractivity contribution in [3.63, 3.8) is 0 Å². The number of hydrogen-bond donors (Lipinski definition) is 1. The Morgan fingerprint density at radius 2 is 2.06 bits per heavy atom. The molecule has 0 fully saturated rings. The summed E-state index contributed by atoms with van der Waals surface area (Å²) in [5.74, 6) is 0.735. The number of thioether (sulfide) groups is 1. The van der Waals surface area contributed by atoms with Crippen molar-refractivity contribution in [2.45, 2.75) is 30.8 Å². The molecule has 0 amide bonds. The summed E-state index contributed by atoms with van der Waals surface area (Å²) < 4.78 is 4.57. The molecular weight excluding hydrogens is 236 g/mol. The smallest absolute Gasteiger partial charge is 0.305 e. The van der Waals surface area contributed by atoms with Gasteiger partial charge in [0.2, 0.25) is 0 Å². The van der Waals surface area contributed by atoms with Crippen LogP contribution in [-0.4, -0.2) is 23.9 Å². The van der Waals surface area contributed by atoms with E-state index < -0.39 is 6.10 Å². The molecule has 0 heterocycles. The second-order valence-electron chi connectivity index (χ2n) is 3.77. The van der Waals surface area contributed by atoms with E-state index in [4.69, 9.17) is 0 Å². The molecule has 1 aromatic carbocycles. The van der Waals surface area contributed by atoms with Crippen molar-refractivity contribution in [1.29, 1.82) is 0 Å². The number of rotatable bonds is 6. The Morgan fingerprint density at radius 1 is 1.41 bits per heavy atom. The Balaban J connectivity index is 2.30. The van der Waals surface area contributed by atoms with Gasteiger partial charge in [-0.15, -0.1) is 11.8 Å². The van der Waals surface area contributed by atoms with Crippen LogP contribution >= 0.6 is 11.8 Å². The van der Waals surface area contributed by atoms with Gasteiger partial charge >= 0.3 is 5.97 Å². The van der Waals surface area contributed by atoms with Gasteiger partial charge in [-0.05, 0) is 36.8 Å². The van der Waals surface area contributed by atoms with E-state index in [0.717, 1.165) is 22.6 Å². The molecule has 0 aromatic heterocycles. The summed E-state index contributed by atoms with van der Waals surface area (Å²) in [5.41, 5.74) is 0.920. The molecule has 1 rings (SSSR count). The van der Waals surface area contributed by atoms with Crippen LogP contribution in [0.5, 0.6) is 0 Å². The Hall–Kier alpha value is -1.00. The molecule has 0 saturated carbocycles. The number of methoxy groups -OCH3 is 1. The molecule has 0 aliphatic heterocycles. The average molecular weight is 254 g/mol. The van der Waals surface area contributed by atoms with Crippen LogP contribution in [0.25, 0.3) is 0 Å². The first-order valence-corrected chi connectivity index (χ1v) is 6.59. The van der Waals surface area contributed by atoms with E-state index in [-0.39, 0.29) is 5.97 Å². The molecule has 0 saturated heterocycles. The molecule has 1 unspecified atom stereocenters. The maximum Gasteiger partial charge on any atom is 0.305 e. The van der Waals surface area contributed by atoms with Gasteiger partial charge in [0.1, 0.15) is 0 Å². The van der Waals surface area contributed by atoms with Crippen LogP contribution < -0.4 is 0 Å². The highest BCUT2D eigenvalue weighted by Crippen LogP contribution is 2.21. The standard InChI is InChI=1S/C13H18O3S/c1-10(14)11-5-7-12(8-6-11)17-9-3-4-13(15)16-2/h5-8,10,14H,3-4,9H2,1-2H3. The van der Waals surface area contributed by atoms with Gasteiger partial charge in [0.05, 0.1) is 13.2 Å². The third-order valence-corrected chi connectivity index (χ3v) is 3.48. The Bertz CT molecular complexity index is 346. The van der Waals surface area contributed by atoms with Crippen LogP contribution in [0.1, 0.15) is 31.4 Å². The monoisotopic (exact) mass is 254 g/mol. The summed E-state index contributed by atoms with van der Waals surface area (Å²) >= 11 is 1.70. The second kappa shape index (κ2) is 7.35. The van der Waals surface area contributed by atoms with Crippen LogP contribution in [0.4, 0.5) is 0 Å². The first kappa shape index (κ1) is 14.1. The third-order valence-electron chi connectivity index (χ3n) is 2.38. The minimum absolute atomic E-state index is 0.157. The maximum absolute atomic E-state index is 10.9. The first-order chi connectivity index (χ1) is 8.13. The molecule has 0 spiro atoms. The highest BCUT2D eigenvalue weighted by atomic mass is 32.2. The van der Waals surface area contributed by atoms with Crippen LogP contribution in [0, 0.1) is 0 Å². The summed E-state index contributed by atoms with van der Waals surface area (Å²) in [5, 5.41) is 9.36. The van der Waals surface area contributed by atoms with Gasteiger partial charge in [-0.3, -0.25) is 4.79 Å². The van der Waals surface area contributed by atoms with Crippen LogP contribution in [0.15, 0.2) is 29.2 Å². The van der Waals surface area contributed by atoms with Crippen molar-refractivity contribution in [3.8, 4) is 0 Å². The highest BCUT2D eigenvalue weighted by Gasteiger charge is 2.02. The van der Waals surface area contributed by atoms with Crippen molar-refractivity contribution in [2.75, 3.05) is 12.9 Å². The lowest BCUT2D eigenvalue weighted by Gasteiger charge is -2.06. The molecule has 17 heavy (non-hydrogen) atoms. The maximum atomic E-state index is 10.9. The average Bonchev–Trinajstić information content (AvgIpc) is 2.34. The largest absolute Gasteiger partial charge is 0.469 e. The SMILES string of the molecule is COC(=O)CCCSc1ccc(C(C)O)cc1. The Kier molecular flexibility index (Phi) is 6.08. The molecule has 1 N–H and O–H groups in total. The number of ether oxygens (including phenoxy) is 1. The zero-order valence-electron chi connectivity index (χ0n) is 10.2. The van der Waals surface area contributed by atoms with Gasteiger partial charge < -0.3 is 9.84 Å². The summed E-state index contributed by atoms with van der Waals surface area (Å²) in [6.45, 7) is 1.75. The molecule has 1 atom stereocenters. The minimum atomic E-state index is -0.423. The fraction of sp³-hybridized carbons (Fsp3) is 0.462. The molecule has 0 radical (unpaired) electrons. The van der Waals surface area contributed by atoms with Crippen LogP contribution in [0.2, 0.25) is 0 Å². The summed E-state index contributed by atoms with van der Waals surface area (Å²) in [7, 11) is 1.41. The molecular formula is C13H18O3S. The minimum Gasteiger partial charge on any atom is -0.469 e. The molecule has 0 aliphatic rings. The van der Waals surface area contributed by atoms with Gasteiger partial charge in [0.25, 0.3) is 0 Å². The lowest BCUT2D eigenvalue weighted by molar-refractivity contribution is -0.140. The molecule has 0 aliphatic carbocycles. The number of aliphatic hydroxyl groups excluding tert-OH is 1. The number of carbonyl (C=O) groups is 1. The number of carbonyl (C=O) groups excluding carboxylic acids is 1. The van der Waals surface area contributed by atoms with Gasteiger partial charge in [0.15, 0.2) is 0 Å². The van der Waals surface area contributed by atoms with Crippen molar-refractivity contribution >= 4 is 17.7 Å². The summed E-state index contributed by atoms with van der Waals surface area (Å²) in [4.78, 5) is 12.0. The van der Waals surface area contributed by atoms with Crippen molar-refractivity contribution in [2.24, 2.45) is 0 Å². The van der Waals surface area contributed by atoms with Crippen molar-refractivity contribution in [1.82, 2.24) is 0 Å². The normalized spacial score (nSPS) is 12.2. The van der Waals surface area contributed by atoms with Crippen molar-refractivity contribution < 1.29 is 14.6 Å². The van der Waals surface area contributed by atoms with Gasteiger partial charge in [-0.1, -0.05) is 12.1 Å². The quantitative estimate of drug-likeness (QED) is 0.482. The zero-order valence-corrected chi connectivity index (χ0v) is 11.0. The number of hydrogen-bond acceptors (Lipinski definition) is 4. The van der Waals surface area contributed by atoms with Gasteiger partial charge in [-0.25, -0.2) is 0 Å². The number of esters is 1. The number of benzene rings is 1. The van der Waals surface area contributed by atoms with Crippen LogP contribution in [0.3, 0.4) is 0 Å². The first-order valence-electron chi connectivity index (χ1n) is 5.61. The Morgan fingerprint density at radius 3 is 2.59 bits per heavy atom. The fourth-order valence-electron chi connectivity index (χ4n) is 1.35. The zero-order chi connectivity index (χ0) is 12.7. The fourth-order valence-corrected chi connectivity index (χ4v) is 2.20.